The molecule has 0 unspecified atom stereocenters. The van der Waals surface area contributed by atoms with E-state index >= 15 is 0 Å². The number of aromatic hydroxyl groups is 2. The number of hydrogen-bond donors (Lipinski definition) is 2. The van der Waals surface area contributed by atoms with Crippen molar-refractivity contribution in [3.8, 4) is 11.5 Å². The van der Waals surface area contributed by atoms with Crippen molar-refractivity contribution in [2.75, 3.05) is 0 Å². The number of phenols is 2. The average Bonchev–Trinajstić information content (AvgIpc) is 2.83. The van der Waals surface area contributed by atoms with Crippen LogP contribution in [-0.2, 0) is 0 Å². The highest BCUT2D eigenvalue weighted by Gasteiger charge is 2.07. The molecule has 0 amide bonds. The zero-order valence-corrected chi connectivity index (χ0v) is 18.1. The Kier molecular flexibility index (Phi) is 5.33. The first-order valence-corrected chi connectivity index (χ1v) is 10.7. The molecule has 0 heterocycles. The van der Waals surface area contributed by atoms with Crippen molar-refractivity contribution in [1.29, 1.82) is 0 Å². The van der Waals surface area contributed by atoms with Gasteiger partial charge in [-0.1, -0.05) is 66.7 Å². The van der Waals surface area contributed by atoms with E-state index in [2.05, 4.69) is 9.98 Å². The number of benzene rings is 5. The summed E-state index contributed by atoms with van der Waals surface area (Å²) in [5.74, 6) is 0.353. The minimum atomic E-state index is 0.176. The second-order valence-corrected chi connectivity index (χ2v) is 7.95. The monoisotopic (exact) mass is 430 g/mol. The Morgan fingerprint density at radius 2 is 1.09 bits per heavy atom. The molecule has 2 N–H and O–H groups in total. The normalized spacial score (nSPS) is 11.8. The highest BCUT2D eigenvalue weighted by Crippen LogP contribution is 2.32. The predicted octanol–water partition coefficient (Wildman–Crippen LogP) is 7.21. The van der Waals surface area contributed by atoms with Gasteiger partial charge in [-0.25, -0.2) is 0 Å². The van der Waals surface area contributed by atoms with E-state index < -0.39 is 0 Å². The quantitative estimate of drug-likeness (QED) is 0.296. The molecule has 0 saturated heterocycles. The van der Waals surface area contributed by atoms with Crippen LogP contribution in [0.5, 0.6) is 11.5 Å². The molecule has 4 heteroatoms. The lowest BCUT2D eigenvalue weighted by Gasteiger charge is -2.07. The molecule has 0 aliphatic carbocycles. The summed E-state index contributed by atoms with van der Waals surface area (Å²) in [6, 6.07) is 28.7. The Morgan fingerprint density at radius 1 is 0.576 bits per heavy atom. The second-order valence-electron chi connectivity index (χ2n) is 7.95. The summed E-state index contributed by atoms with van der Waals surface area (Å²) >= 11 is 0. The van der Waals surface area contributed by atoms with Crippen LogP contribution in [0.25, 0.3) is 21.5 Å². The van der Waals surface area contributed by atoms with Gasteiger partial charge in [0.25, 0.3) is 0 Å². The van der Waals surface area contributed by atoms with Crippen molar-refractivity contribution < 1.29 is 10.2 Å². The van der Waals surface area contributed by atoms with Crippen molar-refractivity contribution in [2.24, 2.45) is 9.98 Å². The highest BCUT2D eigenvalue weighted by molar-refractivity contribution is 6.04. The van der Waals surface area contributed by atoms with Gasteiger partial charge >= 0.3 is 0 Å². The van der Waals surface area contributed by atoms with E-state index in [1.165, 1.54) is 0 Å². The number of hydrogen-bond acceptors (Lipinski definition) is 4. The molecule has 5 aromatic rings. The third-order valence-corrected chi connectivity index (χ3v) is 5.69. The van der Waals surface area contributed by atoms with Crippen LogP contribution in [0.3, 0.4) is 0 Å². The maximum Gasteiger partial charge on any atom is 0.124 e. The van der Waals surface area contributed by atoms with Crippen molar-refractivity contribution in [2.45, 2.75) is 6.92 Å². The fourth-order valence-corrected chi connectivity index (χ4v) is 3.95. The number of aliphatic imine (C=N–C) groups is 2. The van der Waals surface area contributed by atoms with Gasteiger partial charge in [0.1, 0.15) is 11.5 Å². The van der Waals surface area contributed by atoms with Crippen LogP contribution in [0.2, 0.25) is 0 Å². The van der Waals surface area contributed by atoms with Gasteiger partial charge < -0.3 is 10.2 Å². The van der Waals surface area contributed by atoms with Crippen LogP contribution in [0, 0.1) is 6.92 Å². The standard InChI is InChI=1S/C29H22N2O2/c1-19-10-13-26(30-17-24-22-8-4-2-6-20(22)11-14-28(24)32)27(16-19)31-18-25-23-9-5-3-7-21(23)12-15-29(25)33/h2-18,32-33H,1H3. The van der Waals surface area contributed by atoms with E-state index in [-0.39, 0.29) is 11.5 Å². The lowest BCUT2D eigenvalue weighted by atomic mass is 10.0. The SMILES string of the molecule is Cc1ccc(N=Cc2c(O)ccc3ccccc23)c(N=Cc2c(O)ccc3ccccc23)c1. The Labute approximate surface area is 191 Å². The molecule has 4 nitrogen and oxygen atoms in total. The lowest BCUT2D eigenvalue weighted by molar-refractivity contribution is 0.475. The van der Waals surface area contributed by atoms with Crippen LogP contribution in [0.1, 0.15) is 16.7 Å². The summed E-state index contributed by atoms with van der Waals surface area (Å²) in [5, 5.41) is 24.8. The maximum absolute atomic E-state index is 10.4. The number of phenolic OH excluding ortho intramolecular Hbond substituents is 2. The van der Waals surface area contributed by atoms with Crippen LogP contribution >= 0.6 is 0 Å². The fraction of sp³-hybridized carbons (Fsp3) is 0.0345. The first kappa shape index (κ1) is 20.5. The molecule has 33 heavy (non-hydrogen) atoms. The first-order valence-electron chi connectivity index (χ1n) is 10.7. The molecule has 0 spiro atoms. The Bertz CT molecular complexity index is 1550. The van der Waals surface area contributed by atoms with E-state index in [4.69, 9.17) is 0 Å². The average molecular weight is 431 g/mol. The number of aryl methyl sites for hydroxylation is 1. The Balaban J connectivity index is 1.57. The molecule has 0 radical (unpaired) electrons. The molecule has 5 aromatic carbocycles. The molecule has 0 saturated carbocycles. The number of fused-ring (bicyclic) bond motifs is 2. The van der Waals surface area contributed by atoms with Gasteiger partial charge in [0, 0.05) is 23.6 Å². The summed E-state index contributed by atoms with van der Waals surface area (Å²) in [7, 11) is 0. The van der Waals surface area contributed by atoms with Gasteiger partial charge in [0.05, 0.1) is 11.4 Å². The van der Waals surface area contributed by atoms with Gasteiger partial charge in [-0.05, 0) is 58.3 Å². The van der Waals surface area contributed by atoms with Gasteiger partial charge in [0.15, 0.2) is 0 Å². The molecule has 5 rings (SSSR count). The van der Waals surface area contributed by atoms with Crippen molar-refractivity contribution in [1.82, 2.24) is 0 Å². The van der Waals surface area contributed by atoms with Gasteiger partial charge in [0.2, 0.25) is 0 Å². The molecule has 160 valence electrons. The zero-order valence-electron chi connectivity index (χ0n) is 18.1. The molecule has 0 atom stereocenters. The molecule has 0 fully saturated rings. The van der Waals surface area contributed by atoms with Crippen molar-refractivity contribution in [3.63, 3.8) is 0 Å². The minimum absolute atomic E-state index is 0.176. The first-order chi connectivity index (χ1) is 16.1. The van der Waals surface area contributed by atoms with Crippen molar-refractivity contribution >= 4 is 45.3 Å². The summed E-state index contributed by atoms with van der Waals surface area (Å²) < 4.78 is 0. The van der Waals surface area contributed by atoms with E-state index in [1.54, 1.807) is 24.6 Å². The van der Waals surface area contributed by atoms with E-state index in [0.29, 0.717) is 22.5 Å². The van der Waals surface area contributed by atoms with Crippen molar-refractivity contribution in [3.05, 3.63) is 108 Å². The van der Waals surface area contributed by atoms with Crippen LogP contribution < -0.4 is 0 Å². The van der Waals surface area contributed by atoms with E-state index in [1.807, 2.05) is 85.8 Å². The van der Waals surface area contributed by atoms with Crippen LogP contribution in [0.15, 0.2) is 101 Å². The molecular weight excluding hydrogens is 408 g/mol. The van der Waals surface area contributed by atoms with Crippen LogP contribution in [0.4, 0.5) is 11.4 Å². The van der Waals surface area contributed by atoms with E-state index in [0.717, 1.165) is 27.1 Å². The highest BCUT2D eigenvalue weighted by atomic mass is 16.3. The lowest BCUT2D eigenvalue weighted by Crippen LogP contribution is -1.87. The second kappa shape index (κ2) is 8.60. The molecule has 0 aliphatic heterocycles. The zero-order chi connectivity index (χ0) is 22.8. The van der Waals surface area contributed by atoms with Crippen LogP contribution in [-0.4, -0.2) is 22.6 Å². The fourth-order valence-electron chi connectivity index (χ4n) is 3.95. The minimum Gasteiger partial charge on any atom is -0.507 e. The topological polar surface area (TPSA) is 65.2 Å². The van der Waals surface area contributed by atoms with Gasteiger partial charge in [-0.3, -0.25) is 9.98 Å². The third kappa shape index (κ3) is 4.06. The summed E-state index contributed by atoms with van der Waals surface area (Å²) in [6.07, 6.45) is 3.36. The maximum atomic E-state index is 10.4. The number of rotatable bonds is 4. The summed E-state index contributed by atoms with van der Waals surface area (Å²) in [5.41, 5.74) is 3.73. The smallest absolute Gasteiger partial charge is 0.124 e. The largest absolute Gasteiger partial charge is 0.507 e. The van der Waals surface area contributed by atoms with E-state index in [9.17, 15) is 10.2 Å². The Hall–Kier alpha value is -4.44. The third-order valence-electron chi connectivity index (χ3n) is 5.69. The molecule has 0 aliphatic rings. The van der Waals surface area contributed by atoms with Gasteiger partial charge in [-0.2, -0.15) is 0 Å². The van der Waals surface area contributed by atoms with Gasteiger partial charge in [-0.15, -0.1) is 0 Å². The predicted molar refractivity (Wildman–Crippen MR) is 137 cm³/mol. The molecule has 0 aromatic heterocycles. The Morgan fingerprint density at radius 3 is 1.67 bits per heavy atom. The molecule has 0 bridgehead atoms. The molecular formula is C29H22N2O2. The number of nitrogens with zero attached hydrogens (tertiary/aromatic N) is 2. The summed E-state index contributed by atoms with van der Waals surface area (Å²) in [6.45, 7) is 2.00. The summed E-state index contributed by atoms with van der Waals surface area (Å²) in [4.78, 5) is 9.35.